The Labute approximate surface area is 210 Å². The van der Waals surface area contributed by atoms with E-state index in [0.717, 1.165) is 0 Å². The Balaban J connectivity index is 2.38. The SMILES string of the molecule is COC(=O)Nc1ccc(-c2cc([C@H](CC(=O)N(C)C(C)C)NC(=O)OC(C)(C)C)nnc2Cl)cc1. The number of hydrogen-bond acceptors (Lipinski definition) is 7. The molecule has 1 aromatic heterocycles. The number of hydrogen-bond donors (Lipinski definition) is 2. The van der Waals surface area contributed by atoms with Crippen molar-refractivity contribution in [1.29, 1.82) is 0 Å². The number of benzene rings is 1. The molecule has 2 rings (SSSR count). The van der Waals surface area contributed by atoms with Gasteiger partial charge in [0.15, 0.2) is 5.15 Å². The molecule has 1 aromatic carbocycles. The van der Waals surface area contributed by atoms with Crippen molar-refractivity contribution in [3.05, 3.63) is 41.2 Å². The molecule has 11 heteroatoms. The quantitative estimate of drug-likeness (QED) is 0.554. The zero-order valence-corrected chi connectivity index (χ0v) is 21.8. The molecule has 10 nitrogen and oxygen atoms in total. The lowest BCUT2D eigenvalue weighted by Gasteiger charge is -2.26. The molecule has 0 saturated heterocycles. The second kappa shape index (κ2) is 11.8. The summed E-state index contributed by atoms with van der Waals surface area (Å²) in [4.78, 5) is 38.3. The molecule has 190 valence electrons. The third kappa shape index (κ3) is 8.40. The smallest absolute Gasteiger partial charge is 0.411 e. The molecule has 0 aliphatic rings. The summed E-state index contributed by atoms with van der Waals surface area (Å²) in [5.41, 5.74) is 1.40. The Morgan fingerprint density at radius 2 is 1.71 bits per heavy atom. The summed E-state index contributed by atoms with van der Waals surface area (Å²) < 4.78 is 9.97. The molecule has 0 radical (unpaired) electrons. The summed E-state index contributed by atoms with van der Waals surface area (Å²) in [6, 6.07) is 7.69. The van der Waals surface area contributed by atoms with Gasteiger partial charge in [-0.05, 0) is 58.4 Å². The van der Waals surface area contributed by atoms with Gasteiger partial charge in [0.1, 0.15) is 5.60 Å². The van der Waals surface area contributed by atoms with Gasteiger partial charge in [-0.1, -0.05) is 23.7 Å². The number of nitrogens with zero attached hydrogens (tertiary/aromatic N) is 3. The van der Waals surface area contributed by atoms with E-state index in [1.165, 1.54) is 7.11 Å². The summed E-state index contributed by atoms with van der Waals surface area (Å²) in [7, 11) is 2.97. The minimum Gasteiger partial charge on any atom is -0.453 e. The Hall–Kier alpha value is -3.40. The van der Waals surface area contributed by atoms with Crippen LogP contribution >= 0.6 is 11.6 Å². The maximum absolute atomic E-state index is 12.8. The molecule has 3 amide bonds. The predicted molar refractivity (Wildman–Crippen MR) is 133 cm³/mol. The minimum atomic E-state index is -0.803. The van der Waals surface area contributed by atoms with E-state index in [1.807, 2.05) is 13.8 Å². The van der Waals surface area contributed by atoms with Crippen LogP contribution in [-0.2, 0) is 14.3 Å². The first-order chi connectivity index (χ1) is 16.3. The molecule has 0 aliphatic carbocycles. The summed E-state index contributed by atoms with van der Waals surface area (Å²) in [6.07, 6.45) is -1.32. The highest BCUT2D eigenvalue weighted by Crippen LogP contribution is 2.30. The first-order valence-electron chi connectivity index (χ1n) is 11.0. The van der Waals surface area contributed by atoms with E-state index in [4.69, 9.17) is 16.3 Å². The number of halogens is 1. The largest absolute Gasteiger partial charge is 0.453 e. The molecule has 0 saturated carbocycles. The van der Waals surface area contributed by atoms with Gasteiger partial charge < -0.3 is 19.7 Å². The number of ether oxygens (including phenoxy) is 2. The first-order valence-corrected chi connectivity index (χ1v) is 11.4. The summed E-state index contributed by atoms with van der Waals surface area (Å²) in [6.45, 7) is 9.04. The molecule has 2 N–H and O–H groups in total. The molecule has 35 heavy (non-hydrogen) atoms. The number of amides is 3. The highest BCUT2D eigenvalue weighted by molar-refractivity contribution is 6.32. The number of anilines is 1. The van der Waals surface area contributed by atoms with Crippen LogP contribution in [0.2, 0.25) is 5.15 Å². The normalized spacial score (nSPS) is 12.0. The van der Waals surface area contributed by atoms with Crippen molar-refractivity contribution in [2.45, 2.75) is 58.7 Å². The maximum atomic E-state index is 12.8. The molecule has 0 unspecified atom stereocenters. The number of alkyl carbamates (subject to hydrolysis) is 1. The van der Waals surface area contributed by atoms with E-state index in [9.17, 15) is 14.4 Å². The van der Waals surface area contributed by atoms with Crippen LogP contribution in [-0.4, -0.2) is 59.0 Å². The van der Waals surface area contributed by atoms with Gasteiger partial charge in [0.2, 0.25) is 5.91 Å². The van der Waals surface area contributed by atoms with Gasteiger partial charge in [-0.15, -0.1) is 5.10 Å². The first kappa shape index (κ1) is 27.8. The van der Waals surface area contributed by atoms with E-state index in [1.54, 1.807) is 63.1 Å². The molecule has 0 aliphatic heterocycles. The molecule has 0 fully saturated rings. The number of aromatic nitrogens is 2. The second-order valence-electron chi connectivity index (χ2n) is 9.17. The number of rotatable bonds is 7. The molecule has 0 bridgehead atoms. The van der Waals surface area contributed by atoms with Crippen LogP contribution < -0.4 is 10.6 Å². The van der Waals surface area contributed by atoms with Gasteiger partial charge in [0.05, 0.1) is 25.3 Å². The Morgan fingerprint density at radius 3 is 2.26 bits per heavy atom. The van der Waals surface area contributed by atoms with Crippen molar-refractivity contribution in [3.63, 3.8) is 0 Å². The van der Waals surface area contributed by atoms with Crippen LogP contribution in [0, 0.1) is 0 Å². The highest BCUT2D eigenvalue weighted by atomic mass is 35.5. The molecule has 1 atom stereocenters. The highest BCUT2D eigenvalue weighted by Gasteiger charge is 2.26. The fraction of sp³-hybridized carbons (Fsp3) is 0.458. The van der Waals surface area contributed by atoms with E-state index < -0.39 is 23.8 Å². The molecule has 2 aromatic rings. The van der Waals surface area contributed by atoms with E-state index >= 15 is 0 Å². The van der Waals surface area contributed by atoms with Crippen LogP contribution in [0.4, 0.5) is 15.3 Å². The Morgan fingerprint density at radius 1 is 1.09 bits per heavy atom. The van der Waals surface area contributed by atoms with Gasteiger partial charge in [-0.25, -0.2) is 9.59 Å². The van der Waals surface area contributed by atoms with Gasteiger partial charge in [-0.2, -0.15) is 5.10 Å². The maximum Gasteiger partial charge on any atom is 0.411 e. The van der Waals surface area contributed by atoms with E-state index in [0.29, 0.717) is 22.5 Å². The van der Waals surface area contributed by atoms with Crippen LogP contribution in [0.5, 0.6) is 0 Å². The lowest BCUT2D eigenvalue weighted by molar-refractivity contribution is -0.131. The lowest BCUT2D eigenvalue weighted by Crippen LogP contribution is -2.39. The minimum absolute atomic E-state index is 0.0198. The van der Waals surface area contributed by atoms with Crippen LogP contribution in [0.3, 0.4) is 0 Å². The summed E-state index contributed by atoms with van der Waals surface area (Å²) >= 11 is 6.32. The molecule has 0 spiro atoms. The average Bonchev–Trinajstić information content (AvgIpc) is 2.77. The number of nitrogens with one attached hydrogen (secondary N) is 2. The van der Waals surface area contributed by atoms with E-state index in [2.05, 4.69) is 25.6 Å². The van der Waals surface area contributed by atoms with Crippen molar-refractivity contribution >= 4 is 35.4 Å². The van der Waals surface area contributed by atoms with Gasteiger partial charge >= 0.3 is 12.2 Å². The zero-order valence-electron chi connectivity index (χ0n) is 21.0. The van der Waals surface area contributed by atoms with Gasteiger partial charge in [0, 0.05) is 24.3 Å². The lowest BCUT2D eigenvalue weighted by atomic mass is 10.0. The number of carbonyl (C=O) groups is 3. The van der Waals surface area contributed by atoms with Crippen LogP contribution in [0.1, 0.15) is 52.8 Å². The second-order valence-corrected chi connectivity index (χ2v) is 9.53. The number of methoxy groups -OCH3 is 1. The van der Waals surface area contributed by atoms with Gasteiger partial charge in [0.25, 0.3) is 0 Å². The molecular formula is C24H32ClN5O5. The molecule has 1 heterocycles. The third-order valence-corrected chi connectivity index (χ3v) is 5.27. The Bertz CT molecular complexity index is 1050. The standard InChI is InChI=1S/C24H32ClN5O5/c1-14(2)30(6)20(31)13-18(27-23(33)35-24(3,4)5)19-12-17(21(25)29-28-19)15-8-10-16(11-9-15)26-22(32)34-7/h8-12,14,18H,13H2,1-7H3,(H,26,32)(H,27,33)/t18-/m0/s1. The predicted octanol–water partition coefficient (Wildman–Crippen LogP) is 4.80. The summed E-state index contributed by atoms with van der Waals surface area (Å²) in [5, 5.41) is 13.6. The fourth-order valence-electron chi connectivity index (χ4n) is 2.95. The van der Waals surface area contributed by atoms with Crippen molar-refractivity contribution in [3.8, 4) is 11.1 Å². The topological polar surface area (TPSA) is 123 Å². The zero-order chi connectivity index (χ0) is 26.3. The van der Waals surface area contributed by atoms with Crippen molar-refractivity contribution in [2.75, 3.05) is 19.5 Å². The Kier molecular flexibility index (Phi) is 9.41. The third-order valence-electron chi connectivity index (χ3n) is 4.99. The van der Waals surface area contributed by atoms with Gasteiger partial charge in [-0.3, -0.25) is 10.1 Å². The van der Waals surface area contributed by atoms with E-state index in [-0.39, 0.29) is 23.5 Å². The fourth-order valence-corrected chi connectivity index (χ4v) is 3.15. The van der Waals surface area contributed by atoms with Crippen molar-refractivity contribution < 1.29 is 23.9 Å². The summed E-state index contributed by atoms with van der Waals surface area (Å²) in [5.74, 6) is -0.183. The average molecular weight is 506 g/mol. The molecular weight excluding hydrogens is 474 g/mol. The van der Waals surface area contributed by atoms with Crippen LogP contribution in [0.25, 0.3) is 11.1 Å². The van der Waals surface area contributed by atoms with Crippen molar-refractivity contribution in [1.82, 2.24) is 20.4 Å². The van der Waals surface area contributed by atoms with Crippen molar-refractivity contribution in [2.24, 2.45) is 0 Å². The monoisotopic (exact) mass is 505 g/mol. The number of carbonyl (C=O) groups excluding carboxylic acids is 3. The van der Waals surface area contributed by atoms with Crippen LogP contribution in [0.15, 0.2) is 30.3 Å².